The van der Waals surface area contributed by atoms with Crippen molar-refractivity contribution in [3.05, 3.63) is 96.4 Å². The lowest BCUT2D eigenvalue weighted by atomic mass is 10.1. The molecule has 174 valence electrons. The zero-order valence-corrected chi connectivity index (χ0v) is 18.9. The zero-order valence-electron chi connectivity index (χ0n) is 18.9. The molecule has 0 unspecified atom stereocenters. The van der Waals surface area contributed by atoms with E-state index in [0.29, 0.717) is 25.1 Å². The highest BCUT2D eigenvalue weighted by molar-refractivity contribution is 5.76. The topological polar surface area (TPSA) is 65.4 Å². The largest absolute Gasteiger partial charge is 0.497 e. The summed E-state index contributed by atoms with van der Waals surface area (Å²) in [6.45, 7) is 0.814. The molecule has 0 saturated carbocycles. The van der Waals surface area contributed by atoms with E-state index in [4.69, 9.17) is 14.6 Å². The van der Waals surface area contributed by atoms with Crippen molar-refractivity contribution in [2.75, 3.05) is 20.3 Å². The van der Waals surface area contributed by atoms with Crippen LogP contribution >= 0.6 is 0 Å². The first-order valence-electron chi connectivity index (χ1n) is 11.1. The summed E-state index contributed by atoms with van der Waals surface area (Å²) >= 11 is 0. The fourth-order valence-electron chi connectivity index (χ4n) is 3.53. The van der Waals surface area contributed by atoms with E-state index in [0.717, 1.165) is 28.6 Å². The highest BCUT2D eigenvalue weighted by atomic mass is 19.1. The molecule has 3 aromatic carbocycles. The van der Waals surface area contributed by atoms with Gasteiger partial charge in [0.25, 0.3) is 0 Å². The number of nitrogens with zero attached hydrogens (tertiary/aromatic N) is 2. The molecule has 1 N–H and O–H groups in total. The summed E-state index contributed by atoms with van der Waals surface area (Å²) in [4.78, 5) is 12.3. The van der Waals surface area contributed by atoms with Crippen LogP contribution in [0.3, 0.4) is 0 Å². The number of carbonyl (C=O) groups is 1. The molecule has 0 aliphatic carbocycles. The standard InChI is InChI=1S/C27H26FN3O3/c1-33-24-13-11-23(12-14-24)31-26(20-6-5-7-21(28)18-20)19-22(30-31)10-15-27(32)29-16-17-34-25-8-3-2-4-9-25/h2-9,11-14,18-19H,10,15-17H2,1H3,(H,29,32). The average Bonchev–Trinajstić information content (AvgIpc) is 3.30. The Morgan fingerprint density at radius 3 is 2.50 bits per heavy atom. The number of para-hydroxylation sites is 1. The molecule has 0 saturated heterocycles. The van der Waals surface area contributed by atoms with Gasteiger partial charge in [-0.25, -0.2) is 9.07 Å². The van der Waals surface area contributed by atoms with E-state index >= 15 is 0 Å². The Balaban J connectivity index is 1.41. The summed E-state index contributed by atoms with van der Waals surface area (Å²) in [7, 11) is 1.61. The van der Waals surface area contributed by atoms with E-state index in [1.54, 1.807) is 17.9 Å². The van der Waals surface area contributed by atoms with Gasteiger partial charge in [0, 0.05) is 18.4 Å². The number of hydrogen-bond acceptors (Lipinski definition) is 4. The van der Waals surface area contributed by atoms with Crippen LogP contribution in [-0.4, -0.2) is 35.9 Å². The Kier molecular flexibility index (Phi) is 7.55. The van der Waals surface area contributed by atoms with Crippen molar-refractivity contribution in [1.82, 2.24) is 15.1 Å². The predicted octanol–water partition coefficient (Wildman–Crippen LogP) is 4.81. The third-order valence-electron chi connectivity index (χ3n) is 5.24. The van der Waals surface area contributed by atoms with Crippen LogP contribution in [-0.2, 0) is 11.2 Å². The quantitative estimate of drug-likeness (QED) is 0.346. The van der Waals surface area contributed by atoms with Crippen molar-refractivity contribution in [1.29, 1.82) is 0 Å². The van der Waals surface area contributed by atoms with E-state index in [2.05, 4.69) is 5.32 Å². The molecule has 0 atom stereocenters. The van der Waals surface area contributed by atoms with Gasteiger partial charge in [-0.2, -0.15) is 5.10 Å². The molecule has 4 aromatic rings. The van der Waals surface area contributed by atoms with Gasteiger partial charge in [-0.05, 0) is 54.6 Å². The number of benzene rings is 3. The molecule has 1 aromatic heterocycles. The summed E-state index contributed by atoms with van der Waals surface area (Å²) in [5.74, 6) is 1.10. The lowest BCUT2D eigenvalue weighted by Crippen LogP contribution is -2.28. The Hall–Kier alpha value is -4.13. The van der Waals surface area contributed by atoms with E-state index in [9.17, 15) is 9.18 Å². The second-order valence-electron chi connectivity index (χ2n) is 7.65. The summed E-state index contributed by atoms with van der Waals surface area (Å²) in [6, 6.07) is 25.2. The molecule has 1 heterocycles. The second-order valence-corrected chi connectivity index (χ2v) is 7.65. The lowest BCUT2D eigenvalue weighted by molar-refractivity contribution is -0.121. The summed E-state index contributed by atoms with van der Waals surface area (Å²) in [5.41, 5.74) is 3.01. The van der Waals surface area contributed by atoms with Gasteiger partial charge in [-0.1, -0.05) is 30.3 Å². The Labute approximate surface area is 198 Å². The minimum absolute atomic E-state index is 0.0806. The smallest absolute Gasteiger partial charge is 0.220 e. The molecule has 0 fully saturated rings. The van der Waals surface area contributed by atoms with Crippen molar-refractivity contribution in [2.24, 2.45) is 0 Å². The van der Waals surface area contributed by atoms with Gasteiger partial charge in [0.2, 0.25) is 5.91 Å². The van der Waals surface area contributed by atoms with Crippen molar-refractivity contribution in [2.45, 2.75) is 12.8 Å². The number of amides is 1. The first-order chi connectivity index (χ1) is 16.6. The number of rotatable bonds is 10. The molecule has 0 bridgehead atoms. The van der Waals surface area contributed by atoms with Crippen LogP contribution in [0.4, 0.5) is 4.39 Å². The summed E-state index contributed by atoms with van der Waals surface area (Å²) in [6.07, 6.45) is 0.740. The molecule has 6 nitrogen and oxygen atoms in total. The van der Waals surface area contributed by atoms with Gasteiger partial charge in [0.05, 0.1) is 30.7 Å². The van der Waals surface area contributed by atoms with Crippen molar-refractivity contribution in [3.63, 3.8) is 0 Å². The highest BCUT2D eigenvalue weighted by Crippen LogP contribution is 2.26. The molecular formula is C27H26FN3O3. The first-order valence-corrected chi connectivity index (χ1v) is 11.1. The molecule has 0 aliphatic rings. The monoisotopic (exact) mass is 459 g/mol. The van der Waals surface area contributed by atoms with Crippen LogP contribution in [0.2, 0.25) is 0 Å². The van der Waals surface area contributed by atoms with Crippen LogP contribution in [0, 0.1) is 5.82 Å². The van der Waals surface area contributed by atoms with E-state index in [-0.39, 0.29) is 18.1 Å². The third-order valence-corrected chi connectivity index (χ3v) is 5.24. The Morgan fingerprint density at radius 2 is 1.76 bits per heavy atom. The normalized spacial score (nSPS) is 10.6. The van der Waals surface area contributed by atoms with Gasteiger partial charge < -0.3 is 14.8 Å². The van der Waals surface area contributed by atoms with Gasteiger partial charge in [0.1, 0.15) is 23.9 Å². The number of halogens is 1. The maximum atomic E-state index is 13.9. The minimum atomic E-state index is -0.321. The molecule has 7 heteroatoms. The number of methoxy groups -OCH3 is 1. The SMILES string of the molecule is COc1ccc(-n2nc(CCC(=O)NCCOc3ccccc3)cc2-c2cccc(F)c2)cc1. The fourth-order valence-corrected chi connectivity index (χ4v) is 3.53. The number of carbonyl (C=O) groups excluding carboxylic acids is 1. The molecule has 0 aliphatic heterocycles. The van der Waals surface area contributed by atoms with Gasteiger partial charge in [0.15, 0.2) is 0 Å². The number of aryl methyl sites for hydroxylation is 1. The van der Waals surface area contributed by atoms with E-state index < -0.39 is 0 Å². The van der Waals surface area contributed by atoms with Crippen LogP contribution < -0.4 is 14.8 Å². The highest BCUT2D eigenvalue weighted by Gasteiger charge is 2.14. The number of ether oxygens (including phenoxy) is 2. The van der Waals surface area contributed by atoms with Crippen LogP contribution in [0.25, 0.3) is 16.9 Å². The van der Waals surface area contributed by atoms with Crippen molar-refractivity contribution < 1.29 is 18.7 Å². The number of hydrogen-bond donors (Lipinski definition) is 1. The third kappa shape index (κ3) is 6.01. The molecule has 0 radical (unpaired) electrons. The molecule has 34 heavy (non-hydrogen) atoms. The van der Waals surface area contributed by atoms with Crippen LogP contribution in [0.15, 0.2) is 84.9 Å². The molecule has 0 spiro atoms. The predicted molar refractivity (Wildman–Crippen MR) is 129 cm³/mol. The minimum Gasteiger partial charge on any atom is -0.497 e. The fraction of sp³-hybridized carbons (Fsp3) is 0.185. The van der Waals surface area contributed by atoms with Gasteiger partial charge >= 0.3 is 0 Å². The molecule has 1 amide bonds. The molecular weight excluding hydrogens is 433 g/mol. The van der Waals surface area contributed by atoms with E-state index in [1.807, 2.05) is 66.7 Å². The molecule has 4 rings (SSSR count). The maximum absolute atomic E-state index is 13.9. The van der Waals surface area contributed by atoms with E-state index in [1.165, 1.54) is 12.1 Å². The maximum Gasteiger partial charge on any atom is 0.220 e. The number of aromatic nitrogens is 2. The first kappa shape index (κ1) is 23.0. The number of nitrogens with one attached hydrogen (secondary N) is 1. The van der Waals surface area contributed by atoms with Gasteiger partial charge in [-0.3, -0.25) is 4.79 Å². The lowest BCUT2D eigenvalue weighted by Gasteiger charge is -2.08. The van der Waals surface area contributed by atoms with Crippen LogP contribution in [0.1, 0.15) is 12.1 Å². The second kappa shape index (κ2) is 11.1. The summed E-state index contributed by atoms with van der Waals surface area (Å²) < 4.78 is 26.5. The summed E-state index contributed by atoms with van der Waals surface area (Å²) in [5, 5.41) is 7.56. The van der Waals surface area contributed by atoms with Crippen molar-refractivity contribution >= 4 is 5.91 Å². The average molecular weight is 460 g/mol. The van der Waals surface area contributed by atoms with Crippen LogP contribution in [0.5, 0.6) is 11.5 Å². The van der Waals surface area contributed by atoms with Gasteiger partial charge in [-0.15, -0.1) is 0 Å². The Morgan fingerprint density at radius 1 is 0.971 bits per heavy atom. The zero-order chi connectivity index (χ0) is 23.8. The van der Waals surface area contributed by atoms with Crippen molar-refractivity contribution in [3.8, 4) is 28.4 Å². The Bertz CT molecular complexity index is 1220.